The van der Waals surface area contributed by atoms with Gasteiger partial charge < -0.3 is 24.3 Å². The van der Waals surface area contributed by atoms with Gasteiger partial charge in [0.15, 0.2) is 30.0 Å². The number of ether oxygens (including phenoxy) is 4. The molecule has 0 aliphatic carbocycles. The second-order valence-electron chi connectivity index (χ2n) is 5.70. The highest BCUT2D eigenvalue weighted by atomic mass is 16.7. The fourth-order valence-corrected chi connectivity index (χ4v) is 2.37. The molecule has 1 heterocycles. The summed E-state index contributed by atoms with van der Waals surface area (Å²) < 4.78 is 20.5. The average molecular weight is 388 g/mol. The number of nitrogens with one attached hydrogen (secondary N) is 1. The van der Waals surface area contributed by atoms with Gasteiger partial charge in [-0.2, -0.15) is 0 Å². The first-order valence-electron chi connectivity index (χ1n) is 8.20. The Hall–Kier alpha value is -3.82. The molecule has 10 nitrogen and oxygen atoms in total. The Kier molecular flexibility index (Phi) is 5.58. The fourth-order valence-electron chi connectivity index (χ4n) is 2.37. The Labute approximate surface area is 159 Å². The number of hydrogen-bond acceptors (Lipinski definition) is 8. The summed E-state index contributed by atoms with van der Waals surface area (Å²) in [5.74, 6) is -0.392. The van der Waals surface area contributed by atoms with E-state index in [0.717, 1.165) is 0 Å². The Morgan fingerprint density at radius 3 is 2.75 bits per heavy atom. The molecule has 1 amide bonds. The normalized spacial score (nSPS) is 12.8. The number of amides is 1. The van der Waals surface area contributed by atoms with Crippen molar-refractivity contribution in [3.63, 3.8) is 0 Å². The van der Waals surface area contributed by atoms with Crippen LogP contribution in [0.3, 0.4) is 0 Å². The molecule has 1 N–H and O–H groups in total. The number of fused-ring (bicyclic) bond motifs is 1. The van der Waals surface area contributed by atoms with Crippen LogP contribution in [-0.2, 0) is 14.3 Å². The summed E-state index contributed by atoms with van der Waals surface area (Å²) >= 11 is 0. The number of carbonyl (C=O) groups excluding carboxylic acids is 2. The molecule has 28 heavy (non-hydrogen) atoms. The van der Waals surface area contributed by atoms with Crippen LogP contribution in [0.1, 0.15) is 6.92 Å². The van der Waals surface area contributed by atoms with Crippen molar-refractivity contribution in [2.24, 2.45) is 0 Å². The van der Waals surface area contributed by atoms with Crippen molar-refractivity contribution in [2.75, 3.05) is 18.7 Å². The van der Waals surface area contributed by atoms with Crippen molar-refractivity contribution in [3.05, 3.63) is 52.6 Å². The molecule has 0 radical (unpaired) electrons. The second-order valence-corrected chi connectivity index (χ2v) is 5.70. The van der Waals surface area contributed by atoms with E-state index in [4.69, 9.17) is 18.9 Å². The molecule has 146 valence electrons. The number of benzene rings is 2. The minimum Gasteiger partial charge on any atom is -0.475 e. The van der Waals surface area contributed by atoms with Crippen molar-refractivity contribution >= 4 is 23.3 Å². The third-order valence-corrected chi connectivity index (χ3v) is 3.73. The largest absolute Gasteiger partial charge is 0.475 e. The van der Waals surface area contributed by atoms with Crippen LogP contribution in [0.15, 0.2) is 42.5 Å². The van der Waals surface area contributed by atoms with E-state index in [2.05, 4.69) is 5.32 Å². The molecular formula is C18H16N2O8. The highest BCUT2D eigenvalue weighted by molar-refractivity contribution is 5.95. The van der Waals surface area contributed by atoms with Crippen molar-refractivity contribution < 1.29 is 33.5 Å². The minimum absolute atomic E-state index is 0.0677. The number of hydrogen-bond donors (Lipinski definition) is 1. The lowest BCUT2D eigenvalue weighted by molar-refractivity contribution is -0.385. The van der Waals surface area contributed by atoms with Crippen molar-refractivity contribution in [3.8, 4) is 17.2 Å². The summed E-state index contributed by atoms with van der Waals surface area (Å²) in [7, 11) is 0. The molecule has 2 aromatic carbocycles. The average Bonchev–Trinajstić information content (AvgIpc) is 3.14. The SMILES string of the molecule is C[C@H](OC(=O)COc1ccccc1[N+](=O)[O-])C(=O)Nc1ccc2c(c1)OCO2. The zero-order valence-corrected chi connectivity index (χ0v) is 14.7. The van der Waals surface area contributed by atoms with E-state index >= 15 is 0 Å². The van der Waals surface area contributed by atoms with Gasteiger partial charge in [0.1, 0.15) is 0 Å². The lowest BCUT2D eigenvalue weighted by Gasteiger charge is -2.14. The number of esters is 1. The lowest BCUT2D eigenvalue weighted by atomic mass is 10.2. The maximum Gasteiger partial charge on any atom is 0.344 e. The van der Waals surface area contributed by atoms with E-state index in [1.807, 2.05) is 0 Å². The van der Waals surface area contributed by atoms with Gasteiger partial charge in [0.05, 0.1) is 4.92 Å². The first-order valence-corrected chi connectivity index (χ1v) is 8.20. The van der Waals surface area contributed by atoms with Crippen LogP contribution in [0.5, 0.6) is 17.2 Å². The fraction of sp³-hybridized carbons (Fsp3) is 0.222. The maximum atomic E-state index is 12.2. The third-order valence-electron chi connectivity index (χ3n) is 3.73. The molecule has 0 spiro atoms. The summed E-state index contributed by atoms with van der Waals surface area (Å²) in [5, 5.41) is 13.5. The number of nitro groups is 1. The predicted octanol–water partition coefficient (Wildman–Crippen LogP) is 2.27. The van der Waals surface area contributed by atoms with Crippen LogP contribution >= 0.6 is 0 Å². The molecule has 0 unspecified atom stereocenters. The highest BCUT2D eigenvalue weighted by Crippen LogP contribution is 2.34. The highest BCUT2D eigenvalue weighted by Gasteiger charge is 2.21. The Balaban J connectivity index is 1.51. The van der Waals surface area contributed by atoms with Crippen molar-refractivity contribution in [1.82, 2.24) is 0 Å². The molecule has 1 aliphatic heterocycles. The molecule has 1 atom stereocenters. The first-order chi connectivity index (χ1) is 13.4. The van der Waals surface area contributed by atoms with E-state index in [1.165, 1.54) is 31.2 Å². The van der Waals surface area contributed by atoms with Crippen molar-refractivity contribution in [2.45, 2.75) is 13.0 Å². The van der Waals surface area contributed by atoms with Crippen LogP contribution in [0.25, 0.3) is 0 Å². The van der Waals surface area contributed by atoms with E-state index in [0.29, 0.717) is 17.2 Å². The summed E-state index contributed by atoms with van der Waals surface area (Å²) in [4.78, 5) is 34.4. The quantitative estimate of drug-likeness (QED) is 0.435. The van der Waals surface area contributed by atoms with Gasteiger partial charge in [-0.05, 0) is 25.1 Å². The number of anilines is 1. The molecule has 3 rings (SSSR count). The standard InChI is InChI=1S/C18H16N2O8/c1-11(18(22)19-12-6-7-15-16(8-12)27-10-26-15)28-17(21)9-25-14-5-3-2-4-13(14)20(23)24/h2-8,11H,9-10H2,1H3,(H,19,22)/t11-/m0/s1. The molecule has 0 saturated carbocycles. The van der Waals surface area contributed by atoms with Gasteiger partial charge in [0.2, 0.25) is 6.79 Å². The third kappa shape index (κ3) is 4.47. The smallest absolute Gasteiger partial charge is 0.344 e. The molecule has 0 aromatic heterocycles. The molecule has 10 heteroatoms. The second kappa shape index (κ2) is 8.25. The molecule has 1 aliphatic rings. The molecular weight excluding hydrogens is 372 g/mol. The van der Waals surface area contributed by atoms with Crippen LogP contribution in [0.2, 0.25) is 0 Å². The maximum absolute atomic E-state index is 12.2. The monoisotopic (exact) mass is 388 g/mol. The van der Waals surface area contributed by atoms with Gasteiger partial charge in [-0.15, -0.1) is 0 Å². The van der Waals surface area contributed by atoms with Gasteiger partial charge in [0, 0.05) is 17.8 Å². The van der Waals surface area contributed by atoms with Gasteiger partial charge in [0.25, 0.3) is 5.91 Å². The topological polar surface area (TPSA) is 126 Å². The van der Waals surface area contributed by atoms with E-state index < -0.39 is 29.5 Å². The summed E-state index contributed by atoms with van der Waals surface area (Å²) in [6.45, 7) is 0.929. The number of nitrogens with zero attached hydrogens (tertiary/aromatic N) is 1. The zero-order valence-electron chi connectivity index (χ0n) is 14.7. The minimum atomic E-state index is -1.10. The van der Waals surface area contributed by atoms with E-state index in [-0.39, 0.29) is 18.2 Å². The van der Waals surface area contributed by atoms with Crippen LogP contribution in [-0.4, -0.2) is 36.3 Å². The zero-order chi connectivity index (χ0) is 20.1. The first kappa shape index (κ1) is 19.0. The number of carbonyl (C=O) groups is 2. The molecule has 2 aromatic rings. The molecule has 0 fully saturated rings. The van der Waals surface area contributed by atoms with Crippen LogP contribution in [0, 0.1) is 10.1 Å². The summed E-state index contributed by atoms with van der Waals surface area (Å²) in [6.07, 6.45) is -1.10. The Bertz CT molecular complexity index is 914. The predicted molar refractivity (Wildman–Crippen MR) is 95.3 cm³/mol. The van der Waals surface area contributed by atoms with E-state index in [9.17, 15) is 19.7 Å². The Morgan fingerprint density at radius 2 is 1.96 bits per heavy atom. The van der Waals surface area contributed by atoms with Crippen LogP contribution in [0.4, 0.5) is 11.4 Å². The molecule has 0 bridgehead atoms. The van der Waals surface area contributed by atoms with E-state index in [1.54, 1.807) is 18.2 Å². The number of nitro benzene ring substituents is 1. The van der Waals surface area contributed by atoms with Crippen molar-refractivity contribution in [1.29, 1.82) is 0 Å². The Morgan fingerprint density at radius 1 is 1.21 bits per heavy atom. The summed E-state index contributed by atoms with van der Waals surface area (Å²) in [6, 6.07) is 10.5. The number of rotatable bonds is 7. The molecule has 0 saturated heterocycles. The van der Waals surface area contributed by atoms with Gasteiger partial charge in [-0.3, -0.25) is 14.9 Å². The number of para-hydroxylation sites is 2. The van der Waals surface area contributed by atoms with Gasteiger partial charge in [-0.1, -0.05) is 12.1 Å². The summed E-state index contributed by atoms with van der Waals surface area (Å²) in [5.41, 5.74) is 0.178. The van der Waals surface area contributed by atoms with Crippen LogP contribution < -0.4 is 19.5 Å². The van der Waals surface area contributed by atoms with Gasteiger partial charge >= 0.3 is 11.7 Å². The van der Waals surface area contributed by atoms with Gasteiger partial charge in [-0.25, -0.2) is 4.79 Å². The lowest BCUT2D eigenvalue weighted by Crippen LogP contribution is -2.31.